The molecule has 0 atom stereocenters. The van der Waals surface area contributed by atoms with Crippen LogP contribution in [0.15, 0.2) is 0 Å². The van der Waals surface area contributed by atoms with Crippen LogP contribution >= 0.6 is 0 Å². The first-order chi connectivity index (χ1) is 8.10. The molecule has 0 aliphatic carbocycles. The van der Waals surface area contributed by atoms with Gasteiger partial charge in [0, 0.05) is 13.0 Å². The van der Waals surface area contributed by atoms with E-state index in [9.17, 15) is 4.79 Å². The van der Waals surface area contributed by atoms with Crippen LogP contribution in [-0.2, 0) is 4.79 Å². The highest BCUT2D eigenvalue weighted by atomic mass is 16.1. The van der Waals surface area contributed by atoms with Crippen LogP contribution in [0.1, 0.15) is 60.8 Å². The van der Waals surface area contributed by atoms with E-state index in [1.54, 1.807) is 0 Å². The highest BCUT2D eigenvalue weighted by Gasteiger charge is 2.15. The van der Waals surface area contributed by atoms with E-state index in [-0.39, 0.29) is 11.3 Å². The van der Waals surface area contributed by atoms with Gasteiger partial charge in [0.2, 0.25) is 5.91 Å². The van der Waals surface area contributed by atoms with Crippen molar-refractivity contribution < 1.29 is 4.79 Å². The quantitative estimate of drug-likeness (QED) is 0.688. The first kappa shape index (κ1) is 17.4. The van der Waals surface area contributed by atoms with E-state index in [1.165, 1.54) is 0 Å². The van der Waals surface area contributed by atoms with Crippen LogP contribution in [0.25, 0.3) is 0 Å². The summed E-state index contributed by atoms with van der Waals surface area (Å²) in [5, 5.41) is 6.42. The van der Waals surface area contributed by atoms with E-state index in [1.807, 2.05) is 0 Å². The molecule has 0 bridgehead atoms. The molecule has 108 valence electrons. The molecule has 1 amide bonds. The normalized spacial score (nSPS) is 12.6. The Hall–Kier alpha value is -0.570. The Morgan fingerprint density at radius 3 is 1.94 bits per heavy atom. The minimum atomic E-state index is 0.0817. The molecule has 0 fully saturated rings. The molecular formula is C15H32N2O. The van der Waals surface area contributed by atoms with Crippen LogP contribution in [0.4, 0.5) is 0 Å². The number of carbonyl (C=O) groups is 1. The van der Waals surface area contributed by atoms with Crippen LogP contribution in [0, 0.1) is 10.8 Å². The highest BCUT2D eigenvalue weighted by molar-refractivity contribution is 5.76. The lowest BCUT2D eigenvalue weighted by Gasteiger charge is -2.19. The summed E-state index contributed by atoms with van der Waals surface area (Å²) in [6.07, 6.45) is 2.77. The number of amides is 1. The summed E-state index contributed by atoms with van der Waals surface area (Å²) in [5.74, 6) is 0.171. The van der Waals surface area contributed by atoms with Crippen LogP contribution in [-0.4, -0.2) is 25.5 Å². The van der Waals surface area contributed by atoms with E-state index in [0.717, 1.165) is 32.5 Å². The van der Waals surface area contributed by atoms with Gasteiger partial charge in [-0.3, -0.25) is 4.79 Å². The van der Waals surface area contributed by atoms with Crippen molar-refractivity contribution in [3.05, 3.63) is 0 Å². The zero-order valence-electron chi connectivity index (χ0n) is 13.2. The SMILES string of the molecule is CC(C)(C)CNCCCCNC(=O)CC(C)(C)C. The average Bonchev–Trinajstić information content (AvgIpc) is 2.11. The van der Waals surface area contributed by atoms with Crippen LogP contribution in [0.2, 0.25) is 0 Å². The monoisotopic (exact) mass is 256 g/mol. The summed E-state index contributed by atoms with van der Waals surface area (Å²) in [7, 11) is 0. The Morgan fingerprint density at radius 2 is 1.44 bits per heavy atom. The summed E-state index contributed by atoms with van der Waals surface area (Å²) >= 11 is 0. The largest absolute Gasteiger partial charge is 0.356 e. The average molecular weight is 256 g/mol. The number of hydrogen-bond donors (Lipinski definition) is 2. The maximum Gasteiger partial charge on any atom is 0.220 e. The first-order valence-corrected chi connectivity index (χ1v) is 7.08. The number of nitrogens with one attached hydrogen (secondary N) is 2. The van der Waals surface area contributed by atoms with E-state index < -0.39 is 0 Å². The molecule has 0 aliphatic heterocycles. The van der Waals surface area contributed by atoms with Crippen molar-refractivity contribution in [2.45, 2.75) is 60.8 Å². The van der Waals surface area contributed by atoms with Crippen molar-refractivity contribution in [2.24, 2.45) is 10.8 Å². The summed E-state index contributed by atoms with van der Waals surface area (Å²) in [6, 6.07) is 0. The Morgan fingerprint density at radius 1 is 0.889 bits per heavy atom. The van der Waals surface area contributed by atoms with Crippen molar-refractivity contribution in [1.82, 2.24) is 10.6 Å². The fourth-order valence-electron chi connectivity index (χ4n) is 1.61. The van der Waals surface area contributed by atoms with Gasteiger partial charge in [-0.05, 0) is 36.8 Å². The smallest absolute Gasteiger partial charge is 0.220 e. The van der Waals surface area contributed by atoms with Gasteiger partial charge in [0.15, 0.2) is 0 Å². The lowest BCUT2D eigenvalue weighted by atomic mass is 9.92. The first-order valence-electron chi connectivity index (χ1n) is 7.08. The van der Waals surface area contributed by atoms with E-state index in [2.05, 4.69) is 52.2 Å². The summed E-state index contributed by atoms with van der Waals surface area (Å²) in [5.41, 5.74) is 0.430. The van der Waals surface area contributed by atoms with E-state index >= 15 is 0 Å². The molecule has 0 aromatic rings. The summed E-state index contributed by atoms with van der Waals surface area (Å²) < 4.78 is 0. The summed E-state index contributed by atoms with van der Waals surface area (Å²) in [4.78, 5) is 11.6. The van der Waals surface area contributed by atoms with Gasteiger partial charge in [0.1, 0.15) is 0 Å². The minimum Gasteiger partial charge on any atom is -0.356 e. The lowest BCUT2D eigenvalue weighted by Crippen LogP contribution is -2.30. The van der Waals surface area contributed by atoms with Crippen molar-refractivity contribution in [3.63, 3.8) is 0 Å². The molecular weight excluding hydrogens is 224 g/mol. The van der Waals surface area contributed by atoms with Crippen LogP contribution in [0.3, 0.4) is 0 Å². The van der Waals surface area contributed by atoms with Gasteiger partial charge in [0.05, 0.1) is 0 Å². The predicted molar refractivity (Wildman–Crippen MR) is 78.6 cm³/mol. The maximum atomic E-state index is 11.6. The van der Waals surface area contributed by atoms with Crippen LogP contribution < -0.4 is 10.6 Å². The molecule has 0 rings (SSSR count). The van der Waals surface area contributed by atoms with Crippen molar-refractivity contribution in [2.75, 3.05) is 19.6 Å². The molecule has 18 heavy (non-hydrogen) atoms. The molecule has 2 N–H and O–H groups in total. The van der Waals surface area contributed by atoms with Crippen molar-refractivity contribution in [1.29, 1.82) is 0 Å². The van der Waals surface area contributed by atoms with E-state index in [4.69, 9.17) is 0 Å². The Bertz CT molecular complexity index is 236. The van der Waals surface area contributed by atoms with Gasteiger partial charge >= 0.3 is 0 Å². The molecule has 0 saturated carbocycles. The standard InChI is InChI=1S/C15H32N2O/c1-14(2,3)11-13(18)17-10-8-7-9-16-12-15(4,5)6/h16H,7-12H2,1-6H3,(H,17,18). The van der Waals surface area contributed by atoms with Crippen molar-refractivity contribution >= 4 is 5.91 Å². The van der Waals surface area contributed by atoms with Gasteiger partial charge < -0.3 is 10.6 Å². The minimum absolute atomic E-state index is 0.0817. The summed E-state index contributed by atoms with van der Waals surface area (Å²) in [6.45, 7) is 15.8. The second-order valence-electron chi connectivity index (χ2n) is 7.53. The third-order valence-electron chi connectivity index (χ3n) is 2.45. The third-order valence-corrected chi connectivity index (χ3v) is 2.45. The highest BCUT2D eigenvalue weighted by Crippen LogP contribution is 2.17. The molecule has 0 saturated heterocycles. The van der Waals surface area contributed by atoms with E-state index in [0.29, 0.717) is 11.8 Å². The zero-order chi connectivity index (χ0) is 14.2. The Balaban J connectivity index is 3.39. The fraction of sp³-hybridized carbons (Fsp3) is 0.933. The van der Waals surface area contributed by atoms with Crippen molar-refractivity contribution in [3.8, 4) is 0 Å². The molecule has 3 nitrogen and oxygen atoms in total. The zero-order valence-corrected chi connectivity index (χ0v) is 13.2. The van der Waals surface area contributed by atoms with Gasteiger partial charge in [0.25, 0.3) is 0 Å². The molecule has 0 aromatic heterocycles. The second-order valence-corrected chi connectivity index (χ2v) is 7.53. The van der Waals surface area contributed by atoms with Gasteiger partial charge in [-0.25, -0.2) is 0 Å². The van der Waals surface area contributed by atoms with Gasteiger partial charge in [-0.2, -0.15) is 0 Å². The van der Waals surface area contributed by atoms with Gasteiger partial charge in [-0.15, -0.1) is 0 Å². The number of carbonyl (C=O) groups excluding carboxylic acids is 1. The predicted octanol–water partition coefficient (Wildman–Crippen LogP) is 2.95. The van der Waals surface area contributed by atoms with Crippen LogP contribution in [0.5, 0.6) is 0 Å². The molecule has 3 heteroatoms. The topological polar surface area (TPSA) is 41.1 Å². The fourth-order valence-corrected chi connectivity index (χ4v) is 1.61. The van der Waals surface area contributed by atoms with Gasteiger partial charge in [-0.1, -0.05) is 41.5 Å². The number of rotatable bonds is 7. The Kier molecular flexibility index (Phi) is 7.53. The molecule has 0 spiro atoms. The number of unbranched alkanes of at least 4 members (excludes halogenated alkanes) is 1. The molecule has 0 unspecified atom stereocenters. The molecule has 0 heterocycles. The third kappa shape index (κ3) is 13.5. The molecule has 0 aromatic carbocycles. The Labute approximate surface area is 113 Å². The molecule has 0 aliphatic rings. The maximum absolute atomic E-state index is 11.6. The number of hydrogen-bond acceptors (Lipinski definition) is 2. The lowest BCUT2D eigenvalue weighted by molar-refractivity contribution is -0.122. The molecule has 0 radical (unpaired) electrons. The second kappa shape index (κ2) is 7.78.